The zero-order valence-corrected chi connectivity index (χ0v) is 25.0. The Labute approximate surface area is 234 Å². The lowest BCUT2D eigenvalue weighted by atomic mass is 10.1. The monoisotopic (exact) mass is 518 g/mol. The average Bonchev–Trinajstić information content (AvgIpc) is 2.92. The van der Waals surface area contributed by atoms with Crippen LogP contribution in [0.1, 0.15) is 139 Å². The van der Waals surface area contributed by atoms with Crippen molar-refractivity contribution in [3.05, 3.63) is 58.7 Å². The third-order valence-electron chi connectivity index (χ3n) is 7.24. The second-order valence-corrected chi connectivity index (χ2v) is 10.9. The highest BCUT2D eigenvalue weighted by atomic mass is 16.5. The van der Waals surface area contributed by atoms with E-state index in [9.17, 15) is 0 Å². The summed E-state index contributed by atoms with van der Waals surface area (Å²) in [6, 6.07) is 12.6. The van der Waals surface area contributed by atoms with E-state index in [0.717, 1.165) is 48.7 Å². The molecule has 0 unspecified atom stereocenters. The van der Waals surface area contributed by atoms with Gasteiger partial charge in [0.1, 0.15) is 11.5 Å². The number of benzene rings is 2. The first-order valence-electron chi connectivity index (χ1n) is 15.6. The Bertz CT molecular complexity index is 874. The van der Waals surface area contributed by atoms with Gasteiger partial charge in [-0.15, -0.1) is 0 Å². The fraction of sp³-hybridized carbons (Fsp3) is 0.611. The van der Waals surface area contributed by atoms with E-state index in [4.69, 9.17) is 9.47 Å². The second kappa shape index (κ2) is 20.5. The van der Waals surface area contributed by atoms with Crippen LogP contribution in [0.5, 0.6) is 11.5 Å². The maximum Gasteiger partial charge on any atom is 0.123 e. The van der Waals surface area contributed by atoms with E-state index < -0.39 is 0 Å². The van der Waals surface area contributed by atoms with Crippen LogP contribution in [0.3, 0.4) is 0 Å². The van der Waals surface area contributed by atoms with Gasteiger partial charge >= 0.3 is 0 Å². The molecule has 0 aliphatic rings. The van der Waals surface area contributed by atoms with Crippen LogP contribution < -0.4 is 9.47 Å². The van der Waals surface area contributed by atoms with Gasteiger partial charge in [-0.2, -0.15) is 0 Å². The molecule has 0 bridgehead atoms. The van der Waals surface area contributed by atoms with Crippen molar-refractivity contribution in [3.63, 3.8) is 0 Å². The van der Waals surface area contributed by atoms with E-state index >= 15 is 0 Å². The van der Waals surface area contributed by atoms with Crippen LogP contribution in [-0.2, 0) is 0 Å². The maximum absolute atomic E-state index is 6.12. The quantitative estimate of drug-likeness (QED) is 0.128. The van der Waals surface area contributed by atoms with Crippen molar-refractivity contribution in [2.24, 2.45) is 0 Å². The maximum atomic E-state index is 6.12. The lowest BCUT2D eigenvalue weighted by Crippen LogP contribution is -1.99. The van der Waals surface area contributed by atoms with E-state index in [1.807, 2.05) is 0 Å². The third-order valence-corrected chi connectivity index (χ3v) is 7.24. The number of aryl methyl sites for hydroxylation is 2. The first-order valence-corrected chi connectivity index (χ1v) is 15.6. The van der Waals surface area contributed by atoms with Gasteiger partial charge in [-0.1, -0.05) is 128 Å². The SMILES string of the molecule is CCCCCCCCCCOc1cc(C#Cc2ccc(C)c(OCCCCCCCCCC)c2)ccc1C. The first kappa shape index (κ1) is 31.8. The molecule has 0 aliphatic heterocycles. The molecule has 0 aliphatic carbocycles. The topological polar surface area (TPSA) is 18.5 Å². The Morgan fingerprint density at radius 2 is 0.816 bits per heavy atom. The summed E-state index contributed by atoms with van der Waals surface area (Å²) < 4.78 is 12.2. The van der Waals surface area contributed by atoms with Crippen molar-refractivity contribution in [3.8, 4) is 23.3 Å². The highest BCUT2D eigenvalue weighted by Gasteiger charge is 2.03. The van der Waals surface area contributed by atoms with Crippen molar-refractivity contribution >= 4 is 0 Å². The Morgan fingerprint density at radius 3 is 1.18 bits per heavy atom. The minimum absolute atomic E-state index is 0.782. The Morgan fingerprint density at radius 1 is 0.474 bits per heavy atom. The lowest BCUT2D eigenvalue weighted by molar-refractivity contribution is 0.302. The third kappa shape index (κ3) is 13.9. The van der Waals surface area contributed by atoms with E-state index in [0.29, 0.717) is 0 Å². The molecule has 2 heteroatoms. The number of hydrogen-bond acceptors (Lipinski definition) is 2. The van der Waals surface area contributed by atoms with Crippen LogP contribution in [0.25, 0.3) is 0 Å². The Kier molecular flexibility index (Phi) is 17.2. The van der Waals surface area contributed by atoms with Gasteiger partial charge in [-0.25, -0.2) is 0 Å². The summed E-state index contributed by atoms with van der Waals surface area (Å²) in [4.78, 5) is 0. The molecule has 0 spiro atoms. The number of rotatable bonds is 20. The van der Waals surface area contributed by atoms with E-state index in [-0.39, 0.29) is 0 Å². The molecular formula is C36H54O2. The predicted molar refractivity (Wildman–Crippen MR) is 165 cm³/mol. The summed E-state index contributed by atoms with van der Waals surface area (Å²) in [5.41, 5.74) is 4.32. The Hall–Kier alpha value is -2.40. The van der Waals surface area contributed by atoms with Gasteiger partial charge in [-0.05, 0) is 62.1 Å². The fourth-order valence-electron chi connectivity index (χ4n) is 4.65. The molecule has 0 saturated carbocycles. The molecule has 0 amide bonds. The Balaban J connectivity index is 1.77. The molecule has 2 aromatic rings. The minimum Gasteiger partial charge on any atom is -0.493 e. The normalized spacial score (nSPS) is 10.7. The molecule has 0 fully saturated rings. The molecule has 38 heavy (non-hydrogen) atoms. The van der Waals surface area contributed by atoms with Crippen LogP contribution in [0, 0.1) is 25.7 Å². The van der Waals surface area contributed by atoms with Gasteiger partial charge in [0.2, 0.25) is 0 Å². The van der Waals surface area contributed by atoms with Gasteiger partial charge in [0.15, 0.2) is 0 Å². The molecular weight excluding hydrogens is 464 g/mol. The van der Waals surface area contributed by atoms with E-state index in [2.05, 4.69) is 75.9 Å². The number of hydrogen-bond donors (Lipinski definition) is 0. The van der Waals surface area contributed by atoms with Crippen LogP contribution in [0.4, 0.5) is 0 Å². The molecule has 0 atom stereocenters. The van der Waals surface area contributed by atoms with Crippen molar-refractivity contribution in [2.75, 3.05) is 13.2 Å². The predicted octanol–water partition coefficient (Wildman–Crippen LogP) is 10.7. The van der Waals surface area contributed by atoms with Crippen LogP contribution >= 0.6 is 0 Å². The van der Waals surface area contributed by atoms with Gasteiger partial charge in [-0.3, -0.25) is 0 Å². The summed E-state index contributed by atoms with van der Waals surface area (Å²) in [5, 5.41) is 0. The largest absolute Gasteiger partial charge is 0.493 e. The number of unbranched alkanes of at least 4 members (excludes halogenated alkanes) is 14. The number of ether oxygens (including phenoxy) is 2. The van der Waals surface area contributed by atoms with Crippen molar-refractivity contribution in [1.82, 2.24) is 0 Å². The van der Waals surface area contributed by atoms with Gasteiger partial charge < -0.3 is 9.47 Å². The fourth-order valence-corrected chi connectivity index (χ4v) is 4.65. The molecule has 2 rings (SSSR count). The second-order valence-electron chi connectivity index (χ2n) is 10.9. The lowest BCUT2D eigenvalue weighted by Gasteiger charge is -2.10. The van der Waals surface area contributed by atoms with Gasteiger partial charge in [0, 0.05) is 11.1 Å². The molecule has 0 N–H and O–H groups in total. The minimum atomic E-state index is 0.782. The van der Waals surface area contributed by atoms with Gasteiger partial charge in [0.05, 0.1) is 13.2 Å². The first-order chi connectivity index (χ1) is 18.6. The zero-order valence-electron chi connectivity index (χ0n) is 25.0. The summed E-state index contributed by atoms with van der Waals surface area (Å²) in [6.45, 7) is 10.3. The van der Waals surface area contributed by atoms with Crippen molar-refractivity contribution in [2.45, 2.75) is 130 Å². The van der Waals surface area contributed by atoms with Gasteiger partial charge in [0.25, 0.3) is 0 Å². The van der Waals surface area contributed by atoms with Crippen molar-refractivity contribution < 1.29 is 9.47 Å². The van der Waals surface area contributed by atoms with E-state index in [1.54, 1.807) is 0 Å². The van der Waals surface area contributed by atoms with Crippen molar-refractivity contribution in [1.29, 1.82) is 0 Å². The average molecular weight is 519 g/mol. The van der Waals surface area contributed by atoms with Crippen LogP contribution in [0.2, 0.25) is 0 Å². The molecule has 2 aromatic carbocycles. The highest BCUT2D eigenvalue weighted by molar-refractivity contribution is 5.50. The summed E-state index contributed by atoms with van der Waals surface area (Å²) in [6.07, 6.45) is 21.0. The zero-order chi connectivity index (χ0) is 27.3. The molecule has 210 valence electrons. The van der Waals surface area contributed by atoms with Crippen LogP contribution in [-0.4, -0.2) is 13.2 Å². The molecule has 0 saturated heterocycles. The molecule has 0 heterocycles. The molecule has 2 nitrogen and oxygen atoms in total. The smallest absolute Gasteiger partial charge is 0.123 e. The molecule has 0 aromatic heterocycles. The molecule has 0 radical (unpaired) electrons. The highest BCUT2D eigenvalue weighted by Crippen LogP contribution is 2.22. The summed E-state index contributed by atoms with van der Waals surface area (Å²) >= 11 is 0. The standard InChI is InChI=1S/C36H54O2/c1-5-7-9-11-13-15-17-19-27-37-35-29-33(23-21-31(35)3)25-26-34-24-22-32(4)36(30-34)38-28-20-18-16-14-12-10-8-6-2/h21-24,29-30H,5-20,27-28H2,1-4H3. The van der Waals surface area contributed by atoms with Crippen LogP contribution in [0.15, 0.2) is 36.4 Å². The summed E-state index contributed by atoms with van der Waals surface area (Å²) in [7, 11) is 0. The van der Waals surface area contributed by atoms with E-state index in [1.165, 1.54) is 101 Å². The summed E-state index contributed by atoms with van der Waals surface area (Å²) in [5.74, 6) is 8.57.